The van der Waals surface area contributed by atoms with Gasteiger partial charge in [0.15, 0.2) is 11.8 Å². The van der Waals surface area contributed by atoms with Crippen LogP contribution in [0, 0.1) is 12.8 Å². The Morgan fingerprint density at radius 1 is 1.03 bits per heavy atom. The number of hydrogen-bond donors (Lipinski definition) is 2. The molecule has 1 aliphatic rings. The molecule has 0 atom stereocenters. The number of unbranched alkanes of at least 4 members (excludes halogenated alkanes) is 3. The van der Waals surface area contributed by atoms with Crippen LogP contribution < -0.4 is 10.6 Å². The third-order valence-electron chi connectivity index (χ3n) is 5.61. The summed E-state index contributed by atoms with van der Waals surface area (Å²) in [4.78, 5) is 7.21. The number of morpholine rings is 1. The lowest BCUT2D eigenvalue weighted by Crippen LogP contribution is -2.41. The molecule has 180 valence electrons. The molecule has 0 saturated carbocycles. The van der Waals surface area contributed by atoms with E-state index in [1.165, 1.54) is 32.1 Å². The van der Waals surface area contributed by atoms with Gasteiger partial charge in [-0.15, -0.1) is 34.2 Å². The van der Waals surface area contributed by atoms with Gasteiger partial charge in [0.05, 0.1) is 13.2 Å². The maximum Gasteiger partial charge on any atom is 0.191 e. The molecule has 2 heterocycles. The Hall–Kier alpha value is -0.940. The predicted molar refractivity (Wildman–Crippen MR) is 138 cm³/mol. The molecule has 2 rings (SSSR count). The second kappa shape index (κ2) is 16.7. The molecule has 1 saturated heterocycles. The van der Waals surface area contributed by atoms with Crippen molar-refractivity contribution in [3.8, 4) is 0 Å². The largest absolute Gasteiger partial charge is 0.379 e. The van der Waals surface area contributed by atoms with Gasteiger partial charge in [0, 0.05) is 33.2 Å². The van der Waals surface area contributed by atoms with Crippen molar-refractivity contribution in [3.63, 3.8) is 0 Å². The Morgan fingerprint density at radius 3 is 2.35 bits per heavy atom. The minimum atomic E-state index is 0. The lowest BCUT2D eigenvalue weighted by atomic mass is 10.0. The van der Waals surface area contributed by atoms with Crippen molar-refractivity contribution in [3.05, 3.63) is 11.6 Å². The molecule has 0 radical (unpaired) electrons. The van der Waals surface area contributed by atoms with Crippen LogP contribution in [0.1, 0.15) is 64.0 Å². The van der Waals surface area contributed by atoms with Crippen LogP contribution in [0.15, 0.2) is 4.99 Å². The summed E-state index contributed by atoms with van der Waals surface area (Å²) in [7, 11) is 1.99. The molecule has 0 aromatic carbocycles. The fourth-order valence-corrected chi connectivity index (χ4v) is 3.48. The van der Waals surface area contributed by atoms with E-state index >= 15 is 0 Å². The first-order valence-electron chi connectivity index (χ1n) is 11.7. The van der Waals surface area contributed by atoms with Crippen LogP contribution >= 0.6 is 24.0 Å². The number of hydrogen-bond acceptors (Lipinski definition) is 5. The number of nitrogens with zero attached hydrogens (tertiary/aromatic N) is 5. The van der Waals surface area contributed by atoms with Gasteiger partial charge in [-0.25, -0.2) is 4.99 Å². The van der Waals surface area contributed by atoms with Gasteiger partial charge in [-0.1, -0.05) is 39.5 Å². The van der Waals surface area contributed by atoms with E-state index in [1.54, 1.807) is 0 Å². The van der Waals surface area contributed by atoms with E-state index in [1.807, 2.05) is 18.5 Å². The van der Waals surface area contributed by atoms with Crippen LogP contribution in [0.3, 0.4) is 0 Å². The Balaban J connectivity index is 0.00000480. The molecule has 1 aromatic rings. The Labute approximate surface area is 206 Å². The lowest BCUT2D eigenvalue weighted by Gasteiger charge is -2.26. The van der Waals surface area contributed by atoms with Crippen molar-refractivity contribution in [1.29, 1.82) is 0 Å². The number of halogens is 1. The standard InChI is InChI=1S/C22H43N7O.HI/c1-19(2)10-7-5-6-8-11-23-22(25-18-21-27-26-20(3)28(21)4)24-12-9-13-29-14-16-30-17-15-29;/h19H,5-18H2,1-4H3,(H2,23,24,25);1H. The molecule has 0 aliphatic carbocycles. The van der Waals surface area contributed by atoms with Crippen LogP contribution in [0.25, 0.3) is 0 Å². The average Bonchev–Trinajstić information content (AvgIpc) is 3.06. The first-order valence-corrected chi connectivity index (χ1v) is 11.7. The molecule has 0 unspecified atom stereocenters. The van der Waals surface area contributed by atoms with Gasteiger partial charge >= 0.3 is 0 Å². The van der Waals surface area contributed by atoms with Gasteiger partial charge in [-0.2, -0.15) is 0 Å². The molecular formula is C22H44IN7O. The summed E-state index contributed by atoms with van der Waals surface area (Å²) in [6.45, 7) is 13.9. The number of aryl methyl sites for hydroxylation is 1. The summed E-state index contributed by atoms with van der Waals surface area (Å²) < 4.78 is 7.42. The van der Waals surface area contributed by atoms with E-state index < -0.39 is 0 Å². The van der Waals surface area contributed by atoms with E-state index in [-0.39, 0.29) is 24.0 Å². The van der Waals surface area contributed by atoms with Crippen molar-refractivity contribution >= 4 is 29.9 Å². The number of aliphatic imine (C=N–C) groups is 1. The number of ether oxygens (including phenoxy) is 1. The topological polar surface area (TPSA) is 79.6 Å². The first kappa shape index (κ1) is 28.1. The highest BCUT2D eigenvalue weighted by Crippen LogP contribution is 2.09. The second-order valence-corrected chi connectivity index (χ2v) is 8.65. The molecule has 0 spiro atoms. The van der Waals surface area contributed by atoms with Crippen LogP contribution in [-0.2, 0) is 18.3 Å². The van der Waals surface area contributed by atoms with Crippen molar-refractivity contribution in [1.82, 2.24) is 30.3 Å². The highest BCUT2D eigenvalue weighted by Gasteiger charge is 2.10. The molecule has 0 amide bonds. The summed E-state index contributed by atoms with van der Waals surface area (Å²) in [6.07, 6.45) is 7.53. The molecule has 1 aliphatic heterocycles. The minimum absolute atomic E-state index is 0. The number of guanidine groups is 1. The molecule has 8 nitrogen and oxygen atoms in total. The SMILES string of the molecule is Cc1nnc(CN=C(NCCCCCCC(C)C)NCCCN2CCOCC2)n1C.I. The summed E-state index contributed by atoms with van der Waals surface area (Å²) in [5.74, 6) is 3.48. The Bertz CT molecular complexity index is 615. The molecule has 0 bridgehead atoms. The lowest BCUT2D eigenvalue weighted by molar-refractivity contribution is 0.0376. The van der Waals surface area contributed by atoms with E-state index in [0.717, 1.165) is 75.9 Å². The summed E-state index contributed by atoms with van der Waals surface area (Å²) >= 11 is 0. The van der Waals surface area contributed by atoms with Crippen molar-refractivity contribution in [2.24, 2.45) is 18.0 Å². The Morgan fingerprint density at radius 2 is 1.71 bits per heavy atom. The summed E-state index contributed by atoms with van der Waals surface area (Å²) in [5, 5.41) is 15.3. The van der Waals surface area contributed by atoms with Crippen LogP contribution in [0.2, 0.25) is 0 Å². The van der Waals surface area contributed by atoms with Crippen molar-refractivity contribution in [2.75, 3.05) is 45.9 Å². The third kappa shape index (κ3) is 12.0. The van der Waals surface area contributed by atoms with Gasteiger partial charge in [-0.05, 0) is 32.2 Å². The fourth-order valence-electron chi connectivity index (χ4n) is 3.48. The normalized spacial score (nSPS) is 15.2. The van der Waals surface area contributed by atoms with E-state index in [9.17, 15) is 0 Å². The zero-order valence-electron chi connectivity index (χ0n) is 20.0. The van der Waals surface area contributed by atoms with Crippen LogP contribution in [-0.4, -0.2) is 71.6 Å². The van der Waals surface area contributed by atoms with Gasteiger partial charge in [-0.3, -0.25) is 4.90 Å². The quantitative estimate of drug-likeness (QED) is 0.171. The monoisotopic (exact) mass is 549 g/mol. The fraction of sp³-hybridized carbons (Fsp3) is 0.864. The highest BCUT2D eigenvalue weighted by atomic mass is 127. The number of aromatic nitrogens is 3. The molecular weight excluding hydrogens is 505 g/mol. The van der Waals surface area contributed by atoms with Gasteiger partial charge in [0.1, 0.15) is 12.4 Å². The van der Waals surface area contributed by atoms with Crippen molar-refractivity contribution < 1.29 is 4.74 Å². The van der Waals surface area contributed by atoms with Crippen LogP contribution in [0.5, 0.6) is 0 Å². The van der Waals surface area contributed by atoms with Gasteiger partial charge in [0.25, 0.3) is 0 Å². The third-order valence-corrected chi connectivity index (χ3v) is 5.61. The van der Waals surface area contributed by atoms with Crippen LogP contribution in [0.4, 0.5) is 0 Å². The Kier molecular flexibility index (Phi) is 15.1. The molecule has 1 aromatic heterocycles. The maximum absolute atomic E-state index is 5.42. The number of rotatable bonds is 13. The van der Waals surface area contributed by atoms with Gasteiger partial charge < -0.3 is 19.9 Å². The van der Waals surface area contributed by atoms with E-state index in [2.05, 4.69) is 39.6 Å². The van der Waals surface area contributed by atoms with Crippen molar-refractivity contribution in [2.45, 2.75) is 65.8 Å². The molecule has 1 fully saturated rings. The molecule has 2 N–H and O–H groups in total. The average molecular weight is 550 g/mol. The minimum Gasteiger partial charge on any atom is -0.379 e. The zero-order valence-corrected chi connectivity index (χ0v) is 22.4. The molecule has 9 heteroatoms. The first-order chi connectivity index (χ1) is 14.6. The summed E-state index contributed by atoms with van der Waals surface area (Å²) in [5.41, 5.74) is 0. The van der Waals surface area contributed by atoms with Gasteiger partial charge in [0.2, 0.25) is 0 Å². The molecule has 31 heavy (non-hydrogen) atoms. The second-order valence-electron chi connectivity index (χ2n) is 8.65. The number of nitrogens with one attached hydrogen (secondary N) is 2. The highest BCUT2D eigenvalue weighted by molar-refractivity contribution is 14.0. The zero-order chi connectivity index (χ0) is 21.6. The van der Waals surface area contributed by atoms with E-state index in [4.69, 9.17) is 9.73 Å². The smallest absolute Gasteiger partial charge is 0.191 e. The maximum atomic E-state index is 5.42. The van der Waals surface area contributed by atoms with E-state index in [0.29, 0.717) is 6.54 Å². The summed E-state index contributed by atoms with van der Waals surface area (Å²) in [6, 6.07) is 0. The predicted octanol–water partition coefficient (Wildman–Crippen LogP) is 3.11.